The Morgan fingerprint density at radius 2 is 1.72 bits per heavy atom. The molecule has 98 valence electrons. The Bertz CT molecular complexity index is 418. The van der Waals surface area contributed by atoms with Gasteiger partial charge in [-0.15, -0.1) is 0 Å². The van der Waals surface area contributed by atoms with Crippen molar-refractivity contribution in [3.8, 4) is 0 Å². The fourth-order valence-electron chi connectivity index (χ4n) is 1.35. The van der Waals surface area contributed by atoms with E-state index in [2.05, 4.69) is 9.47 Å². The van der Waals surface area contributed by atoms with E-state index >= 15 is 0 Å². The number of hydrogen-bond donors (Lipinski definition) is 0. The summed E-state index contributed by atoms with van der Waals surface area (Å²) in [6.07, 6.45) is 0. The zero-order chi connectivity index (χ0) is 13.5. The standard InChI is InChI=1S/C12H14ClNO4/c1-17-11(15)7-14(8-12(16)18-2)10-5-3-4-9(13)6-10/h3-6H,7-8H2,1-2H3. The molecule has 0 aliphatic heterocycles. The van der Waals surface area contributed by atoms with Gasteiger partial charge in [0, 0.05) is 10.7 Å². The Labute approximate surface area is 110 Å². The third-order valence-electron chi connectivity index (χ3n) is 2.27. The van der Waals surface area contributed by atoms with E-state index in [0.717, 1.165) is 0 Å². The van der Waals surface area contributed by atoms with Crippen LogP contribution in [0.15, 0.2) is 24.3 Å². The smallest absolute Gasteiger partial charge is 0.325 e. The topological polar surface area (TPSA) is 55.8 Å². The summed E-state index contributed by atoms with van der Waals surface area (Å²) in [5.74, 6) is -0.891. The lowest BCUT2D eigenvalue weighted by molar-refractivity contribution is -0.140. The average molecular weight is 272 g/mol. The maximum absolute atomic E-state index is 11.3. The van der Waals surface area contributed by atoms with E-state index in [4.69, 9.17) is 11.6 Å². The number of anilines is 1. The van der Waals surface area contributed by atoms with E-state index in [1.54, 1.807) is 24.3 Å². The molecular formula is C12H14ClNO4. The van der Waals surface area contributed by atoms with Gasteiger partial charge in [0.15, 0.2) is 0 Å². The average Bonchev–Trinajstić information content (AvgIpc) is 2.37. The number of carbonyl (C=O) groups excluding carboxylic acids is 2. The molecule has 0 atom stereocenters. The number of benzene rings is 1. The largest absolute Gasteiger partial charge is 0.468 e. The van der Waals surface area contributed by atoms with Gasteiger partial charge in [0.05, 0.1) is 14.2 Å². The Morgan fingerprint density at radius 1 is 1.17 bits per heavy atom. The van der Waals surface area contributed by atoms with Crippen LogP contribution >= 0.6 is 11.6 Å². The van der Waals surface area contributed by atoms with Gasteiger partial charge in [-0.2, -0.15) is 0 Å². The summed E-state index contributed by atoms with van der Waals surface area (Å²) >= 11 is 5.87. The minimum Gasteiger partial charge on any atom is -0.468 e. The summed E-state index contributed by atoms with van der Waals surface area (Å²) in [6.45, 7) is -0.0993. The Balaban J connectivity index is 2.88. The molecule has 0 N–H and O–H groups in total. The van der Waals surface area contributed by atoms with E-state index < -0.39 is 11.9 Å². The summed E-state index contributed by atoms with van der Waals surface area (Å²) in [7, 11) is 2.58. The van der Waals surface area contributed by atoms with Crippen molar-refractivity contribution in [2.75, 3.05) is 32.2 Å². The molecule has 1 aromatic rings. The second kappa shape index (κ2) is 6.86. The highest BCUT2D eigenvalue weighted by molar-refractivity contribution is 6.30. The molecule has 0 saturated heterocycles. The van der Waals surface area contributed by atoms with Crippen molar-refractivity contribution < 1.29 is 19.1 Å². The minimum absolute atomic E-state index is 0.0497. The van der Waals surface area contributed by atoms with E-state index in [9.17, 15) is 9.59 Å². The third-order valence-corrected chi connectivity index (χ3v) is 2.50. The van der Waals surface area contributed by atoms with Crippen LogP contribution in [0.2, 0.25) is 5.02 Å². The van der Waals surface area contributed by atoms with Crippen molar-refractivity contribution in [3.63, 3.8) is 0 Å². The van der Waals surface area contributed by atoms with Crippen LogP contribution in [-0.2, 0) is 19.1 Å². The van der Waals surface area contributed by atoms with E-state index in [1.807, 2.05) is 0 Å². The van der Waals surface area contributed by atoms with Crippen LogP contribution < -0.4 is 4.90 Å². The van der Waals surface area contributed by atoms with Gasteiger partial charge in [-0.25, -0.2) is 0 Å². The number of nitrogens with zero attached hydrogens (tertiary/aromatic N) is 1. The molecule has 6 heteroatoms. The van der Waals surface area contributed by atoms with E-state index in [-0.39, 0.29) is 13.1 Å². The normalized spacial score (nSPS) is 9.72. The quantitative estimate of drug-likeness (QED) is 0.760. The van der Waals surface area contributed by atoms with Crippen molar-refractivity contribution >= 4 is 29.2 Å². The molecule has 0 fully saturated rings. The van der Waals surface area contributed by atoms with Crippen LogP contribution in [0.4, 0.5) is 5.69 Å². The highest BCUT2D eigenvalue weighted by Gasteiger charge is 2.16. The molecule has 0 bridgehead atoms. The first-order chi connectivity index (χ1) is 8.56. The van der Waals surface area contributed by atoms with Gasteiger partial charge < -0.3 is 14.4 Å². The molecule has 0 radical (unpaired) electrons. The summed E-state index contributed by atoms with van der Waals surface area (Å²) in [5, 5.41) is 0.521. The van der Waals surface area contributed by atoms with Crippen LogP contribution in [0.1, 0.15) is 0 Å². The number of hydrogen-bond acceptors (Lipinski definition) is 5. The molecule has 0 spiro atoms. The van der Waals surface area contributed by atoms with Crippen LogP contribution in [0.25, 0.3) is 0 Å². The summed E-state index contributed by atoms with van der Waals surface area (Å²) < 4.78 is 9.16. The molecule has 0 saturated carbocycles. The number of methoxy groups -OCH3 is 2. The molecular weight excluding hydrogens is 258 g/mol. The number of ether oxygens (including phenoxy) is 2. The first kappa shape index (κ1) is 14.3. The third kappa shape index (κ3) is 4.25. The molecule has 0 unspecified atom stereocenters. The predicted octanol–water partition coefficient (Wildman–Crippen LogP) is 1.49. The Morgan fingerprint density at radius 3 is 2.17 bits per heavy atom. The van der Waals surface area contributed by atoms with Gasteiger partial charge in [-0.05, 0) is 18.2 Å². The second-order valence-electron chi connectivity index (χ2n) is 3.49. The SMILES string of the molecule is COC(=O)CN(CC(=O)OC)c1cccc(Cl)c1. The maximum atomic E-state index is 11.3. The lowest BCUT2D eigenvalue weighted by Gasteiger charge is -2.22. The molecule has 0 aromatic heterocycles. The van der Waals surface area contributed by atoms with E-state index in [1.165, 1.54) is 19.1 Å². The van der Waals surface area contributed by atoms with Crippen LogP contribution in [-0.4, -0.2) is 39.2 Å². The van der Waals surface area contributed by atoms with Gasteiger partial charge >= 0.3 is 11.9 Å². The van der Waals surface area contributed by atoms with Crippen LogP contribution in [0, 0.1) is 0 Å². The summed E-state index contributed by atoms with van der Waals surface area (Å²) in [6, 6.07) is 6.85. The number of halogens is 1. The fourth-order valence-corrected chi connectivity index (χ4v) is 1.54. The lowest BCUT2D eigenvalue weighted by Crippen LogP contribution is -2.35. The van der Waals surface area contributed by atoms with Gasteiger partial charge in [0.1, 0.15) is 13.1 Å². The Kier molecular flexibility index (Phi) is 5.45. The molecule has 0 heterocycles. The minimum atomic E-state index is -0.445. The van der Waals surface area contributed by atoms with Gasteiger partial charge in [-0.1, -0.05) is 17.7 Å². The Hall–Kier alpha value is -1.75. The first-order valence-corrected chi connectivity index (χ1v) is 5.58. The molecule has 0 aliphatic carbocycles. The molecule has 1 rings (SSSR count). The zero-order valence-corrected chi connectivity index (χ0v) is 10.9. The lowest BCUT2D eigenvalue weighted by atomic mass is 10.3. The van der Waals surface area contributed by atoms with Crippen molar-refractivity contribution in [1.29, 1.82) is 0 Å². The molecule has 1 aromatic carbocycles. The van der Waals surface area contributed by atoms with E-state index in [0.29, 0.717) is 10.7 Å². The van der Waals surface area contributed by atoms with Gasteiger partial charge in [0.25, 0.3) is 0 Å². The molecule has 18 heavy (non-hydrogen) atoms. The van der Waals surface area contributed by atoms with Gasteiger partial charge in [0.2, 0.25) is 0 Å². The van der Waals surface area contributed by atoms with Crippen molar-refractivity contribution in [1.82, 2.24) is 0 Å². The van der Waals surface area contributed by atoms with Crippen LogP contribution in [0.5, 0.6) is 0 Å². The number of carbonyl (C=O) groups is 2. The predicted molar refractivity (Wildman–Crippen MR) is 67.7 cm³/mol. The van der Waals surface area contributed by atoms with Crippen LogP contribution in [0.3, 0.4) is 0 Å². The number of rotatable bonds is 5. The summed E-state index contributed by atoms with van der Waals surface area (Å²) in [4.78, 5) is 24.1. The summed E-state index contributed by atoms with van der Waals surface area (Å²) in [5.41, 5.74) is 0.651. The molecule has 0 aliphatic rings. The fraction of sp³-hybridized carbons (Fsp3) is 0.333. The molecule has 5 nitrogen and oxygen atoms in total. The number of esters is 2. The zero-order valence-electron chi connectivity index (χ0n) is 10.2. The highest BCUT2D eigenvalue weighted by Crippen LogP contribution is 2.19. The first-order valence-electron chi connectivity index (χ1n) is 5.21. The highest BCUT2D eigenvalue weighted by atomic mass is 35.5. The molecule has 0 amide bonds. The second-order valence-corrected chi connectivity index (χ2v) is 3.92. The van der Waals surface area contributed by atoms with Crippen molar-refractivity contribution in [2.24, 2.45) is 0 Å². The van der Waals surface area contributed by atoms with Gasteiger partial charge in [-0.3, -0.25) is 9.59 Å². The van der Waals surface area contributed by atoms with Crippen molar-refractivity contribution in [2.45, 2.75) is 0 Å². The maximum Gasteiger partial charge on any atom is 0.325 e. The van der Waals surface area contributed by atoms with Crippen molar-refractivity contribution in [3.05, 3.63) is 29.3 Å². The monoisotopic (exact) mass is 271 g/mol.